The predicted octanol–water partition coefficient (Wildman–Crippen LogP) is 11.4. The fraction of sp³-hybridized carbons (Fsp3) is 0.0455. The summed E-state index contributed by atoms with van der Waals surface area (Å²) in [6.45, 7) is 4.85. The maximum Gasteiger partial charge on any atom is 0.0711 e. The molecule has 0 fully saturated rings. The van der Waals surface area contributed by atoms with Crippen molar-refractivity contribution in [1.82, 2.24) is 0 Å². The summed E-state index contributed by atoms with van der Waals surface area (Å²) < 4.78 is 0. The van der Waals surface area contributed by atoms with Crippen LogP contribution in [0.3, 0.4) is 0 Å². The molecule has 0 radical (unpaired) electrons. The minimum absolute atomic E-state index is 0.566. The Morgan fingerprint density at radius 3 is 1.82 bits per heavy atom. The molecule has 0 saturated carbocycles. The lowest BCUT2D eigenvalue weighted by molar-refractivity contribution is 0.760. The molecule has 0 aliphatic heterocycles. The zero-order chi connectivity index (χ0) is 30.2. The van der Waals surface area contributed by atoms with Crippen molar-refractivity contribution in [2.24, 2.45) is 0 Å². The van der Waals surface area contributed by atoms with Gasteiger partial charge in [-0.3, -0.25) is 0 Å². The Balaban J connectivity index is 1.48. The van der Waals surface area contributed by atoms with Gasteiger partial charge in [0.25, 0.3) is 0 Å². The van der Waals surface area contributed by atoms with E-state index in [0.29, 0.717) is 0 Å². The van der Waals surface area contributed by atoms with Gasteiger partial charge < -0.3 is 4.90 Å². The largest absolute Gasteiger partial charge is 0.310 e. The monoisotopic (exact) mass is 575 g/mol. The van der Waals surface area contributed by atoms with Crippen LogP contribution in [0.15, 0.2) is 188 Å². The molecule has 0 amide bonds. The molecule has 6 aromatic rings. The molecule has 2 aliphatic carbocycles. The summed E-state index contributed by atoms with van der Waals surface area (Å²) in [7, 11) is 0. The van der Waals surface area contributed by atoms with E-state index in [0.717, 1.165) is 23.4 Å². The second kappa shape index (κ2) is 11.1. The third-order valence-corrected chi connectivity index (χ3v) is 9.33. The number of allylic oxidation sites excluding steroid dienone is 5. The topological polar surface area (TPSA) is 3.24 Å². The van der Waals surface area contributed by atoms with Gasteiger partial charge in [0.2, 0.25) is 0 Å². The standard InChI is InChI=1S/C44H33N/c1-32-18-6-2-13-25-37-39(29-17-31-42(37)45(34-21-9-4-10-22-34)35-23-11-5-12-24-35)44(32)40-28-15-14-26-38(40)43-36(27-16-30-41(43)44)33-19-7-3-8-20-33/h2-24,26-31H,1,25H2/b13-2-,18-6-. The summed E-state index contributed by atoms with van der Waals surface area (Å²) in [5.74, 6) is 0. The molecule has 214 valence electrons. The second-order valence-corrected chi connectivity index (χ2v) is 11.7. The predicted molar refractivity (Wildman–Crippen MR) is 189 cm³/mol. The number of benzene rings is 6. The van der Waals surface area contributed by atoms with E-state index in [9.17, 15) is 0 Å². The highest BCUT2D eigenvalue weighted by Gasteiger charge is 2.48. The Labute approximate surface area is 265 Å². The van der Waals surface area contributed by atoms with Crippen molar-refractivity contribution in [3.63, 3.8) is 0 Å². The Bertz CT molecular complexity index is 2050. The lowest BCUT2D eigenvalue weighted by Gasteiger charge is -2.37. The highest BCUT2D eigenvalue weighted by molar-refractivity contribution is 5.96. The molecule has 1 atom stereocenters. The molecule has 6 aromatic carbocycles. The van der Waals surface area contributed by atoms with Gasteiger partial charge in [-0.1, -0.05) is 152 Å². The van der Waals surface area contributed by atoms with Crippen LogP contribution in [-0.2, 0) is 11.8 Å². The van der Waals surface area contributed by atoms with Crippen LogP contribution in [0.5, 0.6) is 0 Å². The van der Waals surface area contributed by atoms with Gasteiger partial charge in [0.15, 0.2) is 0 Å². The van der Waals surface area contributed by atoms with Crippen LogP contribution in [0, 0.1) is 0 Å². The van der Waals surface area contributed by atoms with E-state index in [1.165, 1.54) is 50.2 Å². The Kier molecular flexibility index (Phi) is 6.65. The van der Waals surface area contributed by atoms with Crippen LogP contribution in [0.1, 0.15) is 22.3 Å². The minimum atomic E-state index is -0.566. The molecular formula is C44H33N. The number of anilines is 3. The first-order chi connectivity index (χ1) is 22.3. The number of nitrogens with zero attached hydrogens (tertiary/aromatic N) is 1. The third kappa shape index (κ3) is 4.24. The van der Waals surface area contributed by atoms with Gasteiger partial charge in [0.05, 0.1) is 5.41 Å². The van der Waals surface area contributed by atoms with E-state index in [2.05, 4.69) is 181 Å². The van der Waals surface area contributed by atoms with Gasteiger partial charge in [-0.05, 0) is 86.8 Å². The lowest BCUT2D eigenvalue weighted by atomic mass is 9.65. The van der Waals surface area contributed by atoms with Crippen LogP contribution >= 0.6 is 0 Å². The van der Waals surface area contributed by atoms with Crippen molar-refractivity contribution < 1.29 is 0 Å². The van der Waals surface area contributed by atoms with E-state index < -0.39 is 5.41 Å². The molecule has 0 heterocycles. The first-order valence-electron chi connectivity index (χ1n) is 15.6. The molecule has 45 heavy (non-hydrogen) atoms. The lowest BCUT2D eigenvalue weighted by Crippen LogP contribution is -2.30. The fourth-order valence-electron chi connectivity index (χ4n) is 7.49. The van der Waals surface area contributed by atoms with Crippen molar-refractivity contribution >= 4 is 17.1 Å². The van der Waals surface area contributed by atoms with Crippen LogP contribution in [-0.4, -0.2) is 0 Å². The van der Waals surface area contributed by atoms with Crippen molar-refractivity contribution in [2.45, 2.75) is 11.8 Å². The van der Waals surface area contributed by atoms with Gasteiger partial charge in [0.1, 0.15) is 0 Å². The van der Waals surface area contributed by atoms with Gasteiger partial charge in [-0.2, -0.15) is 0 Å². The molecule has 1 spiro atoms. The van der Waals surface area contributed by atoms with Crippen molar-refractivity contribution in [1.29, 1.82) is 0 Å². The average molecular weight is 576 g/mol. The molecule has 8 rings (SSSR count). The highest BCUT2D eigenvalue weighted by Crippen LogP contribution is 2.60. The summed E-state index contributed by atoms with van der Waals surface area (Å²) in [6.07, 6.45) is 9.61. The van der Waals surface area contributed by atoms with E-state index >= 15 is 0 Å². The Hall–Kier alpha value is -5.66. The maximum atomic E-state index is 4.85. The van der Waals surface area contributed by atoms with Crippen molar-refractivity contribution in [2.75, 3.05) is 4.90 Å². The smallest absolute Gasteiger partial charge is 0.0711 e. The van der Waals surface area contributed by atoms with Crippen LogP contribution < -0.4 is 4.90 Å². The highest BCUT2D eigenvalue weighted by atomic mass is 15.1. The zero-order valence-electron chi connectivity index (χ0n) is 25.1. The summed E-state index contributed by atoms with van der Waals surface area (Å²) in [5.41, 5.74) is 14.1. The van der Waals surface area contributed by atoms with Crippen LogP contribution in [0.25, 0.3) is 22.3 Å². The SMILES string of the molecule is C=C1/C=C\C=C/Cc2c(N(c3ccccc3)c3ccccc3)cccc2C12c1ccccc1-c1c(-c3ccccc3)cccc12. The normalized spacial score (nSPS) is 17.7. The van der Waals surface area contributed by atoms with Crippen LogP contribution in [0.2, 0.25) is 0 Å². The first-order valence-corrected chi connectivity index (χ1v) is 15.6. The van der Waals surface area contributed by atoms with Crippen LogP contribution in [0.4, 0.5) is 17.1 Å². The summed E-state index contributed by atoms with van der Waals surface area (Å²) >= 11 is 0. The third-order valence-electron chi connectivity index (χ3n) is 9.33. The second-order valence-electron chi connectivity index (χ2n) is 11.7. The quantitative estimate of drug-likeness (QED) is 0.202. The van der Waals surface area contributed by atoms with Crippen molar-refractivity contribution in [3.8, 4) is 22.3 Å². The van der Waals surface area contributed by atoms with Gasteiger partial charge >= 0.3 is 0 Å². The number of rotatable bonds is 4. The van der Waals surface area contributed by atoms with E-state index in [4.69, 9.17) is 6.58 Å². The van der Waals surface area contributed by atoms with Gasteiger partial charge in [0, 0.05) is 17.1 Å². The maximum absolute atomic E-state index is 4.85. The zero-order valence-corrected chi connectivity index (χ0v) is 25.1. The number of hydrogen-bond donors (Lipinski definition) is 0. The van der Waals surface area contributed by atoms with E-state index in [1.54, 1.807) is 0 Å². The molecule has 2 aliphatic rings. The van der Waals surface area contributed by atoms with Crippen molar-refractivity contribution in [3.05, 3.63) is 210 Å². The summed E-state index contributed by atoms with van der Waals surface area (Å²) in [5, 5.41) is 0. The fourth-order valence-corrected chi connectivity index (χ4v) is 7.49. The number of para-hydroxylation sites is 2. The van der Waals surface area contributed by atoms with Gasteiger partial charge in [-0.25, -0.2) is 0 Å². The molecule has 1 heteroatoms. The molecule has 1 unspecified atom stereocenters. The molecule has 1 nitrogen and oxygen atoms in total. The average Bonchev–Trinajstić information content (AvgIpc) is 3.44. The number of fused-ring (bicyclic) bond motifs is 7. The molecule has 0 N–H and O–H groups in total. The minimum Gasteiger partial charge on any atom is -0.310 e. The number of hydrogen-bond acceptors (Lipinski definition) is 1. The molecular weight excluding hydrogens is 542 g/mol. The van der Waals surface area contributed by atoms with E-state index in [1.807, 2.05) is 0 Å². The Morgan fingerprint density at radius 1 is 0.511 bits per heavy atom. The van der Waals surface area contributed by atoms with E-state index in [-0.39, 0.29) is 0 Å². The summed E-state index contributed by atoms with van der Waals surface area (Å²) in [6, 6.07) is 54.8. The Morgan fingerprint density at radius 2 is 1.09 bits per heavy atom. The summed E-state index contributed by atoms with van der Waals surface area (Å²) in [4.78, 5) is 2.40. The first kappa shape index (κ1) is 26.9. The molecule has 0 aromatic heterocycles. The molecule has 0 bridgehead atoms. The van der Waals surface area contributed by atoms with Gasteiger partial charge in [-0.15, -0.1) is 0 Å². The molecule has 0 saturated heterocycles.